The standard InChI is InChI=1S/C13H23N3O2/c1-11(2)7-16(6-4-5-14)12(17)8-18-13(3)9-15-10-13/h11,15H,4,6-10H2,1-3H3. The molecule has 0 radical (unpaired) electrons. The molecule has 0 unspecified atom stereocenters. The van der Waals surface area contributed by atoms with Crippen LogP contribution >= 0.6 is 0 Å². The number of nitrogens with zero attached hydrogens (tertiary/aromatic N) is 2. The largest absolute Gasteiger partial charge is 0.363 e. The van der Waals surface area contributed by atoms with E-state index in [0.29, 0.717) is 25.4 Å². The van der Waals surface area contributed by atoms with E-state index in [4.69, 9.17) is 10.00 Å². The van der Waals surface area contributed by atoms with Crippen LogP contribution in [0.2, 0.25) is 0 Å². The lowest BCUT2D eigenvalue weighted by atomic mass is 10.0. The highest BCUT2D eigenvalue weighted by molar-refractivity contribution is 5.77. The summed E-state index contributed by atoms with van der Waals surface area (Å²) in [5.74, 6) is 0.376. The van der Waals surface area contributed by atoms with E-state index >= 15 is 0 Å². The number of nitrogens with one attached hydrogen (secondary N) is 1. The topological polar surface area (TPSA) is 65.4 Å². The molecule has 1 rings (SSSR count). The molecule has 0 atom stereocenters. The summed E-state index contributed by atoms with van der Waals surface area (Å²) in [4.78, 5) is 13.8. The summed E-state index contributed by atoms with van der Waals surface area (Å²) in [6.45, 7) is 8.99. The van der Waals surface area contributed by atoms with Crippen molar-refractivity contribution in [3.8, 4) is 6.07 Å². The normalized spacial score (nSPS) is 17.1. The summed E-state index contributed by atoms with van der Waals surface area (Å²) in [5, 5.41) is 11.7. The maximum Gasteiger partial charge on any atom is 0.248 e. The second-order valence-electron chi connectivity index (χ2n) is 5.48. The fraction of sp³-hybridized carbons (Fsp3) is 0.846. The first kappa shape index (κ1) is 14.9. The Morgan fingerprint density at radius 1 is 1.56 bits per heavy atom. The van der Waals surface area contributed by atoms with Crippen LogP contribution in [0.3, 0.4) is 0 Å². The zero-order valence-corrected chi connectivity index (χ0v) is 11.5. The molecule has 1 heterocycles. The Morgan fingerprint density at radius 3 is 2.67 bits per heavy atom. The molecule has 18 heavy (non-hydrogen) atoms. The van der Waals surface area contributed by atoms with Crippen LogP contribution in [0, 0.1) is 17.2 Å². The summed E-state index contributed by atoms with van der Waals surface area (Å²) < 4.78 is 5.63. The van der Waals surface area contributed by atoms with Crippen LogP contribution in [0.4, 0.5) is 0 Å². The van der Waals surface area contributed by atoms with Crippen LogP contribution < -0.4 is 5.32 Å². The van der Waals surface area contributed by atoms with Gasteiger partial charge in [0.2, 0.25) is 5.91 Å². The van der Waals surface area contributed by atoms with Crippen molar-refractivity contribution in [2.75, 3.05) is 32.8 Å². The van der Waals surface area contributed by atoms with Crippen molar-refractivity contribution in [2.24, 2.45) is 5.92 Å². The van der Waals surface area contributed by atoms with Crippen LogP contribution in [0.15, 0.2) is 0 Å². The van der Waals surface area contributed by atoms with Gasteiger partial charge in [-0.15, -0.1) is 0 Å². The van der Waals surface area contributed by atoms with Gasteiger partial charge >= 0.3 is 0 Å². The lowest BCUT2D eigenvalue weighted by Gasteiger charge is -2.39. The number of carbonyl (C=O) groups is 1. The molecule has 0 saturated carbocycles. The highest BCUT2D eigenvalue weighted by atomic mass is 16.5. The lowest BCUT2D eigenvalue weighted by Crippen LogP contribution is -2.59. The fourth-order valence-corrected chi connectivity index (χ4v) is 1.85. The summed E-state index contributed by atoms with van der Waals surface area (Å²) in [6, 6.07) is 2.08. The van der Waals surface area contributed by atoms with Crippen molar-refractivity contribution in [1.29, 1.82) is 5.26 Å². The quantitative estimate of drug-likeness (QED) is 0.727. The first-order valence-corrected chi connectivity index (χ1v) is 6.46. The van der Waals surface area contributed by atoms with Gasteiger partial charge in [0.1, 0.15) is 6.61 Å². The van der Waals surface area contributed by atoms with Gasteiger partial charge in [-0.25, -0.2) is 0 Å². The van der Waals surface area contributed by atoms with Gasteiger partial charge in [-0.05, 0) is 12.8 Å². The van der Waals surface area contributed by atoms with Crippen LogP contribution in [0.25, 0.3) is 0 Å². The average Bonchev–Trinajstić information content (AvgIpc) is 2.28. The van der Waals surface area contributed by atoms with E-state index < -0.39 is 0 Å². The smallest absolute Gasteiger partial charge is 0.248 e. The first-order valence-electron chi connectivity index (χ1n) is 6.46. The van der Waals surface area contributed by atoms with E-state index in [2.05, 4.69) is 25.2 Å². The minimum atomic E-state index is -0.200. The van der Waals surface area contributed by atoms with Gasteiger partial charge in [-0.1, -0.05) is 13.8 Å². The van der Waals surface area contributed by atoms with E-state index in [0.717, 1.165) is 13.1 Å². The van der Waals surface area contributed by atoms with Crippen molar-refractivity contribution < 1.29 is 9.53 Å². The number of carbonyl (C=O) groups excluding carboxylic acids is 1. The Labute approximate surface area is 109 Å². The SMILES string of the molecule is CC(C)CN(CCC#N)C(=O)COC1(C)CNC1. The summed E-state index contributed by atoms with van der Waals surface area (Å²) in [6.07, 6.45) is 0.372. The second-order valence-corrected chi connectivity index (χ2v) is 5.48. The molecule has 1 N–H and O–H groups in total. The Balaban J connectivity index is 2.40. The van der Waals surface area contributed by atoms with Crippen molar-refractivity contribution in [3.63, 3.8) is 0 Å². The molecule has 5 heteroatoms. The molecule has 1 amide bonds. The van der Waals surface area contributed by atoms with Gasteiger partial charge in [0.25, 0.3) is 0 Å². The summed E-state index contributed by atoms with van der Waals surface area (Å²) >= 11 is 0. The van der Waals surface area contributed by atoms with E-state index in [9.17, 15) is 4.79 Å². The number of hydrogen-bond donors (Lipinski definition) is 1. The van der Waals surface area contributed by atoms with Crippen LogP contribution in [-0.4, -0.2) is 49.2 Å². The number of amides is 1. The van der Waals surface area contributed by atoms with Gasteiger partial charge in [0, 0.05) is 26.2 Å². The molecule has 102 valence electrons. The maximum atomic E-state index is 12.0. The molecule has 0 aromatic heterocycles. The van der Waals surface area contributed by atoms with Crippen LogP contribution in [-0.2, 0) is 9.53 Å². The van der Waals surface area contributed by atoms with Crippen molar-refractivity contribution in [3.05, 3.63) is 0 Å². The molecule has 0 aromatic carbocycles. The average molecular weight is 253 g/mol. The van der Waals surface area contributed by atoms with Gasteiger partial charge in [0.05, 0.1) is 18.1 Å². The van der Waals surface area contributed by atoms with Gasteiger partial charge in [-0.3, -0.25) is 4.79 Å². The number of rotatable bonds is 7. The number of hydrogen-bond acceptors (Lipinski definition) is 4. The first-order chi connectivity index (χ1) is 8.47. The lowest BCUT2D eigenvalue weighted by molar-refractivity contribution is -0.146. The monoisotopic (exact) mass is 253 g/mol. The van der Waals surface area contributed by atoms with Crippen molar-refractivity contribution in [1.82, 2.24) is 10.2 Å². The van der Waals surface area contributed by atoms with Gasteiger partial charge in [0.15, 0.2) is 0 Å². The zero-order chi connectivity index (χ0) is 13.6. The molecule has 0 bridgehead atoms. The minimum Gasteiger partial charge on any atom is -0.363 e. The Hall–Kier alpha value is -1.12. The third-order valence-electron chi connectivity index (χ3n) is 2.97. The second kappa shape index (κ2) is 6.72. The highest BCUT2D eigenvalue weighted by Crippen LogP contribution is 2.15. The maximum absolute atomic E-state index is 12.0. The highest BCUT2D eigenvalue weighted by Gasteiger charge is 2.33. The van der Waals surface area contributed by atoms with Gasteiger partial charge < -0.3 is 15.0 Å². The predicted octanol–water partition coefficient (Wildman–Crippen LogP) is 0.763. The molecular weight excluding hydrogens is 230 g/mol. The van der Waals surface area contributed by atoms with E-state index in [1.165, 1.54) is 0 Å². The summed E-state index contributed by atoms with van der Waals surface area (Å²) in [5.41, 5.74) is -0.200. The molecule has 1 aliphatic heterocycles. The predicted molar refractivity (Wildman–Crippen MR) is 68.9 cm³/mol. The Kier molecular flexibility index (Phi) is 5.57. The van der Waals surface area contributed by atoms with Gasteiger partial charge in [-0.2, -0.15) is 5.26 Å². The molecule has 0 spiro atoms. The van der Waals surface area contributed by atoms with E-state index in [-0.39, 0.29) is 18.1 Å². The Bertz CT molecular complexity index is 319. The zero-order valence-electron chi connectivity index (χ0n) is 11.5. The van der Waals surface area contributed by atoms with Crippen molar-refractivity contribution >= 4 is 5.91 Å². The molecule has 5 nitrogen and oxygen atoms in total. The Morgan fingerprint density at radius 2 is 2.22 bits per heavy atom. The number of nitriles is 1. The van der Waals surface area contributed by atoms with Crippen LogP contribution in [0.1, 0.15) is 27.2 Å². The summed E-state index contributed by atoms with van der Waals surface area (Å²) in [7, 11) is 0. The molecule has 1 fully saturated rings. The third kappa shape index (κ3) is 4.63. The van der Waals surface area contributed by atoms with Crippen molar-refractivity contribution in [2.45, 2.75) is 32.8 Å². The van der Waals surface area contributed by atoms with E-state index in [1.54, 1.807) is 4.90 Å². The van der Waals surface area contributed by atoms with E-state index in [1.807, 2.05) is 6.92 Å². The fourth-order valence-electron chi connectivity index (χ4n) is 1.85. The molecule has 1 aliphatic rings. The molecule has 1 saturated heterocycles. The molecular formula is C13H23N3O2. The third-order valence-corrected chi connectivity index (χ3v) is 2.97. The van der Waals surface area contributed by atoms with Crippen LogP contribution in [0.5, 0.6) is 0 Å². The molecule has 0 aliphatic carbocycles. The minimum absolute atomic E-state index is 0.0212. The number of ether oxygens (including phenoxy) is 1. The molecule has 0 aromatic rings.